The second kappa shape index (κ2) is 8.89. The fraction of sp³-hybridized carbons (Fsp3) is 0.273. The standard InChI is InChI=1S/C22H24N2O3S/c1-14(2)15-5-7-16(8-6-15)22-23-17(13-28-22)11-21(25)24-19-10-9-18(26-3)12-20(19)27-4/h5-10,12-14H,11H2,1-4H3,(H,24,25). The lowest BCUT2D eigenvalue weighted by Gasteiger charge is -2.11. The van der Waals surface area contributed by atoms with Gasteiger partial charge in [-0.15, -0.1) is 11.3 Å². The molecule has 1 N–H and O–H groups in total. The molecule has 0 aliphatic carbocycles. The predicted molar refractivity (Wildman–Crippen MR) is 114 cm³/mol. The number of methoxy groups -OCH3 is 2. The van der Waals surface area contributed by atoms with Crippen LogP contribution in [0.2, 0.25) is 0 Å². The molecule has 0 atom stereocenters. The van der Waals surface area contributed by atoms with E-state index in [4.69, 9.17) is 9.47 Å². The third kappa shape index (κ3) is 4.70. The molecule has 0 radical (unpaired) electrons. The minimum atomic E-state index is -0.143. The second-order valence-electron chi connectivity index (χ2n) is 6.71. The Balaban J connectivity index is 1.67. The minimum Gasteiger partial charge on any atom is -0.497 e. The van der Waals surface area contributed by atoms with Crippen LogP contribution in [0.25, 0.3) is 10.6 Å². The molecule has 1 aromatic heterocycles. The van der Waals surface area contributed by atoms with Gasteiger partial charge in [-0.3, -0.25) is 4.79 Å². The van der Waals surface area contributed by atoms with Crippen molar-refractivity contribution in [2.45, 2.75) is 26.2 Å². The number of thiazole rings is 1. The van der Waals surface area contributed by atoms with E-state index in [1.807, 2.05) is 5.38 Å². The number of nitrogens with one attached hydrogen (secondary N) is 1. The quantitative estimate of drug-likeness (QED) is 0.601. The number of hydrogen-bond donors (Lipinski definition) is 1. The average molecular weight is 397 g/mol. The zero-order valence-electron chi connectivity index (χ0n) is 16.5. The van der Waals surface area contributed by atoms with Gasteiger partial charge in [0.1, 0.15) is 16.5 Å². The van der Waals surface area contributed by atoms with Crippen LogP contribution in [0.3, 0.4) is 0 Å². The Morgan fingerprint density at radius 3 is 2.50 bits per heavy atom. The molecule has 0 bridgehead atoms. The summed E-state index contributed by atoms with van der Waals surface area (Å²) < 4.78 is 10.5. The highest BCUT2D eigenvalue weighted by atomic mass is 32.1. The predicted octanol–water partition coefficient (Wildman–Crippen LogP) is 5.13. The third-order valence-corrected chi connectivity index (χ3v) is 5.34. The highest BCUT2D eigenvalue weighted by Gasteiger charge is 2.12. The van der Waals surface area contributed by atoms with Gasteiger partial charge in [0.2, 0.25) is 5.91 Å². The summed E-state index contributed by atoms with van der Waals surface area (Å²) in [5, 5.41) is 5.72. The molecule has 0 aliphatic rings. The van der Waals surface area contributed by atoms with E-state index in [0.29, 0.717) is 23.1 Å². The molecule has 146 valence electrons. The van der Waals surface area contributed by atoms with Crippen LogP contribution in [0.15, 0.2) is 47.8 Å². The number of aromatic nitrogens is 1. The molecule has 0 spiro atoms. The van der Waals surface area contributed by atoms with E-state index in [9.17, 15) is 4.79 Å². The van der Waals surface area contributed by atoms with Crippen molar-refractivity contribution in [3.63, 3.8) is 0 Å². The van der Waals surface area contributed by atoms with Gasteiger partial charge in [-0.2, -0.15) is 0 Å². The number of ether oxygens (including phenoxy) is 2. The number of amides is 1. The topological polar surface area (TPSA) is 60.5 Å². The molecule has 0 unspecified atom stereocenters. The minimum absolute atomic E-state index is 0.143. The molecule has 3 aromatic rings. The fourth-order valence-electron chi connectivity index (χ4n) is 2.79. The Labute approximate surface area is 169 Å². The Morgan fingerprint density at radius 2 is 1.86 bits per heavy atom. The largest absolute Gasteiger partial charge is 0.497 e. The molecule has 1 heterocycles. The maximum Gasteiger partial charge on any atom is 0.230 e. The lowest BCUT2D eigenvalue weighted by atomic mass is 10.0. The van der Waals surface area contributed by atoms with Gasteiger partial charge in [-0.05, 0) is 23.6 Å². The molecular formula is C22H24N2O3S. The summed E-state index contributed by atoms with van der Waals surface area (Å²) in [7, 11) is 3.14. The van der Waals surface area contributed by atoms with Crippen molar-refractivity contribution in [3.05, 3.63) is 59.1 Å². The Morgan fingerprint density at radius 1 is 1.11 bits per heavy atom. The van der Waals surface area contributed by atoms with E-state index < -0.39 is 0 Å². The maximum atomic E-state index is 12.4. The number of benzene rings is 2. The highest BCUT2D eigenvalue weighted by molar-refractivity contribution is 7.13. The summed E-state index contributed by atoms with van der Waals surface area (Å²) in [6.45, 7) is 4.35. The van der Waals surface area contributed by atoms with Crippen LogP contribution in [0, 0.1) is 0 Å². The van der Waals surface area contributed by atoms with Crippen LogP contribution in [0.4, 0.5) is 5.69 Å². The summed E-state index contributed by atoms with van der Waals surface area (Å²) in [6, 6.07) is 13.7. The van der Waals surface area contributed by atoms with Gasteiger partial charge in [-0.1, -0.05) is 38.1 Å². The van der Waals surface area contributed by atoms with Gasteiger partial charge in [-0.25, -0.2) is 4.98 Å². The molecule has 2 aromatic carbocycles. The molecular weight excluding hydrogens is 372 g/mol. The zero-order chi connectivity index (χ0) is 20.1. The zero-order valence-corrected chi connectivity index (χ0v) is 17.3. The molecule has 28 heavy (non-hydrogen) atoms. The van der Waals surface area contributed by atoms with Gasteiger partial charge < -0.3 is 14.8 Å². The first-order valence-electron chi connectivity index (χ1n) is 9.06. The van der Waals surface area contributed by atoms with Crippen molar-refractivity contribution in [2.24, 2.45) is 0 Å². The Hall–Kier alpha value is -2.86. The van der Waals surface area contributed by atoms with Crippen LogP contribution in [-0.2, 0) is 11.2 Å². The molecule has 1 amide bonds. The van der Waals surface area contributed by atoms with Crippen molar-refractivity contribution < 1.29 is 14.3 Å². The summed E-state index contributed by atoms with van der Waals surface area (Å²) in [5.41, 5.74) is 3.72. The average Bonchev–Trinajstić information content (AvgIpc) is 3.16. The van der Waals surface area contributed by atoms with Gasteiger partial charge >= 0.3 is 0 Å². The molecule has 6 heteroatoms. The number of rotatable bonds is 7. The van der Waals surface area contributed by atoms with Gasteiger partial charge in [0.25, 0.3) is 0 Å². The second-order valence-corrected chi connectivity index (χ2v) is 7.57. The third-order valence-electron chi connectivity index (χ3n) is 4.40. The number of hydrogen-bond acceptors (Lipinski definition) is 5. The summed E-state index contributed by atoms with van der Waals surface area (Å²) in [4.78, 5) is 17.0. The monoisotopic (exact) mass is 396 g/mol. The smallest absolute Gasteiger partial charge is 0.230 e. The Kier molecular flexibility index (Phi) is 6.31. The number of carbonyl (C=O) groups is 1. The number of carbonyl (C=O) groups excluding carboxylic acids is 1. The summed E-state index contributed by atoms with van der Waals surface area (Å²) in [6.07, 6.45) is 0.204. The molecule has 5 nitrogen and oxygen atoms in total. The van der Waals surface area contributed by atoms with E-state index in [1.54, 1.807) is 43.8 Å². The van der Waals surface area contributed by atoms with E-state index in [0.717, 1.165) is 16.3 Å². The van der Waals surface area contributed by atoms with Crippen LogP contribution >= 0.6 is 11.3 Å². The van der Waals surface area contributed by atoms with E-state index in [-0.39, 0.29) is 12.3 Å². The Bertz CT molecular complexity index is 949. The van der Waals surface area contributed by atoms with Crippen LogP contribution in [-0.4, -0.2) is 25.1 Å². The van der Waals surface area contributed by atoms with Crippen molar-refractivity contribution in [3.8, 4) is 22.1 Å². The summed E-state index contributed by atoms with van der Waals surface area (Å²) >= 11 is 1.55. The highest BCUT2D eigenvalue weighted by Crippen LogP contribution is 2.29. The fourth-order valence-corrected chi connectivity index (χ4v) is 3.62. The van der Waals surface area contributed by atoms with E-state index >= 15 is 0 Å². The van der Waals surface area contributed by atoms with Crippen LogP contribution in [0.5, 0.6) is 11.5 Å². The lowest BCUT2D eigenvalue weighted by Crippen LogP contribution is -2.15. The van der Waals surface area contributed by atoms with Crippen LogP contribution < -0.4 is 14.8 Å². The molecule has 0 aliphatic heterocycles. The summed E-state index contributed by atoms with van der Waals surface area (Å²) in [5.74, 6) is 1.58. The first kappa shape index (κ1) is 19.9. The van der Waals surface area contributed by atoms with Gasteiger partial charge in [0.15, 0.2) is 0 Å². The first-order chi connectivity index (χ1) is 13.5. The van der Waals surface area contributed by atoms with Gasteiger partial charge in [0.05, 0.1) is 32.0 Å². The van der Waals surface area contributed by atoms with E-state index in [2.05, 4.69) is 48.4 Å². The molecule has 0 fully saturated rings. The van der Waals surface area contributed by atoms with Crippen molar-refractivity contribution in [2.75, 3.05) is 19.5 Å². The van der Waals surface area contributed by atoms with Crippen molar-refractivity contribution >= 4 is 22.9 Å². The molecule has 0 saturated heterocycles. The maximum absolute atomic E-state index is 12.4. The van der Waals surface area contributed by atoms with E-state index in [1.165, 1.54) is 5.56 Å². The first-order valence-corrected chi connectivity index (χ1v) is 9.94. The van der Waals surface area contributed by atoms with Gasteiger partial charge in [0, 0.05) is 17.0 Å². The lowest BCUT2D eigenvalue weighted by molar-refractivity contribution is -0.115. The number of anilines is 1. The molecule has 3 rings (SSSR count). The SMILES string of the molecule is COc1ccc(NC(=O)Cc2csc(-c3ccc(C(C)C)cc3)n2)c(OC)c1. The van der Waals surface area contributed by atoms with Crippen molar-refractivity contribution in [1.29, 1.82) is 0 Å². The van der Waals surface area contributed by atoms with Crippen molar-refractivity contribution in [1.82, 2.24) is 4.98 Å². The normalized spacial score (nSPS) is 10.8. The number of nitrogens with zero attached hydrogens (tertiary/aromatic N) is 1. The van der Waals surface area contributed by atoms with Crippen LogP contribution in [0.1, 0.15) is 31.0 Å². The molecule has 0 saturated carbocycles.